The molecule has 1 aliphatic rings. The molecule has 92 valence electrons. The lowest BCUT2D eigenvalue weighted by atomic mass is 10.0. The molecule has 0 unspecified atom stereocenters. The van der Waals surface area contributed by atoms with Crippen LogP contribution in [0, 0.1) is 6.92 Å². The number of ether oxygens (including phenoxy) is 2. The molecule has 17 heavy (non-hydrogen) atoms. The Hall–Kier alpha value is -1.03. The number of hydrogen-bond donors (Lipinski definition) is 0. The Morgan fingerprint density at radius 1 is 1.35 bits per heavy atom. The third kappa shape index (κ3) is 2.63. The molecule has 0 saturated carbocycles. The van der Waals surface area contributed by atoms with Crippen LogP contribution in [0.4, 0.5) is 0 Å². The molecule has 0 bridgehead atoms. The van der Waals surface area contributed by atoms with Gasteiger partial charge in [0.1, 0.15) is 5.78 Å². The summed E-state index contributed by atoms with van der Waals surface area (Å²) >= 11 is 3.48. The Morgan fingerprint density at radius 3 is 2.65 bits per heavy atom. The first-order valence-corrected chi connectivity index (χ1v) is 6.46. The number of Topliss-reactive ketones (excluding diaryl/α,β-unsaturated/α-hetero) is 1. The summed E-state index contributed by atoms with van der Waals surface area (Å²) in [5.41, 5.74) is 1.99. The van der Waals surface area contributed by atoms with Crippen molar-refractivity contribution in [3.8, 4) is 11.5 Å². The third-order valence-corrected chi connectivity index (χ3v) is 3.36. The number of carbonyl (C=O) groups excluding carboxylic acids is 1. The molecule has 3 nitrogen and oxygen atoms in total. The molecule has 0 amide bonds. The van der Waals surface area contributed by atoms with Gasteiger partial charge in [0.15, 0.2) is 11.5 Å². The van der Waals surface area contributed by atoms with Crippen LogP contribution in [0.5, 0.6) is 11.5 Å². The van der Waals surface area contributed by atoms with Gasteiger partial charge in [0.25, 0.3) is 0 Å². The fourth-order valence-electron chi connectivity index (χ4n) is 1.92. The minimum absolute atomic E-state index is 0.148. The van der Waals surface area contributed by atoms with E-state index in [1.807, 2.05) is 13.0 Å². The van der Waals surface area contributed by atoms with Crippen LogP contribution in [0.25, 0.3) is 0 Å². The number of carbonyl (C=O) groups is 1. The molecule has 0 atom stereocenters. The molecule has 2 rings (SSSR count). The lowest BCUT2D eigenvalue weighted by Gasteiger charge is -2.15. The van der Waals surface area contributed by atoms with Crippen molar-refractivity contribution in [1.29, 1.82) is 0 Å². The van der Waals surface area contributed by atoms with Gasteiger partial charge in [-0.3, -0.25) is 4.79 Å². The van der Waals surface area contributed by atoms with Crippen LogP contribution in [0.2, 0.25) is 0 Å². The fraction of sp³-hybridized carbons (Fsp3) is 0.462. The van der Waals surface area contributed by atoms with Crippen molar-refractivity contribution in [2.45, 2.75) is 26.7 Å². The Kier molecular flexibility index (Phi) is 3.72. The Labute approximate surface area is 109 Å². The molecule has 0 N–H and O–H groups in total. The molecule has 0 fully saturated rings. The van der Waals surface area contributed by atoms with Crippen LogP contribution in [0.3, 0.4) is 0 Å². The van der Waals surface area contributed by atoms with Crippen LogP contribution in [0.1, 0.15) is 24.5 Å². The first-order valence-electron chi connectivity index (χ1n) is 5.66. The third-order valence-electron chi connectivity index (χ3n) is 2.77. The zero-order valence-electron chi connectivity index (χ0n) is 10.0. The number of hydrogen-bond acceptors (Lipinski definition) is 3. The van der Waals surface area contributed by atoms with Crippen molar-refractivity contribution >= 4 is 21.7 Å². The highest BCUT2D eigenvalue weighted by atomic mass is 79.9. The largest absolute Gasteiger partial charge is 0.489 e. The maximum absolute atomic E-state index is 11.2. The van der Waals surface area contributed by atoms with Gasteiger partial charge in [0, 0.05) is 12.8 Å². The van der Waals surface area contributed by atoms with Gasteiger partial charge in [0.2, 0.25) is 0 Å². The summed E-state index contributed by atoms with van der Waals surface area (Å²) in [6, 6.07) is 1.95. The number of fused-ring (bicyclic) bond motifs is 1. The van der Waals surface area contributed by atoms with E-state index in [9.17, 15) is 4.79 Å². The van der Waals surface area contributed by atoms with Gasteiger partial charge in [-0.2, -0.15) is 0 Å². The van der Waals surface area contributed by atoms with Crippen LogP contribution in [-0.2, 0) is 11.2 Å². The Morgan fingerprint density at radius 2 is 2.00 bits per heavy atom. The second-order valence-electron chi connectivity index (χ2n) is 4.23. The van der Waals surface area contributed by atoms with E-state index in [1.54, 1.807) is 6.92 Å². The number of ketones is 1. The topological polar surface area (TPSA) is 35.5 Å². The van der Waals surface area contributed by atoms with Gasteiger partial charge in [-0.05, 0) is 47.0 Å². The van der Waals surface area contributed by atoms with Gasteiger partial charge in [0.05, 0.1) is 17.7 Å². The maximum atomic E-state index is 11.2. The zero-order chi connectivity index (χ0) is 12.4. The van der Waals surface area contributed by atoms with E-state index >= 15 is 0 Å². The highest BCUT2D eigenvalue weighted by molar-refractivity contribution is 9.10. The first-order chi connectivity index (χ1) is 8.09. The van der Waals surface area contributed by atoms with E-state index in [0.29, 0.717) is 19.6 Å². The number of benzene rings is 1. The van der Waals surface area contributed by atoms with E-state index in [1.165, 1.54) is 0 Å². The monoisotopic (exact) mass is 298 g/mol. The Bertz CT molecular complexity index is 454. The number of rotatable bonds is 2. The smallest absolute Gasteiger partial charge is 0.175 e. The quantitative estimate of drug-likeness (QED) is 0.842. The lowest BCUT2D eigenvalue weighted by molar-refractivity contribution is -0.116. The molecule has 1 heterocycles. The van der Waals surface area contributed by atoms with Gasteiger partial charge >= 0.3 is 0 Å². The van der Waals surface area contributed by atoms with Crippen molar-refractivity contribution in [1.82, 2.24) is 0 Å². The summed E-state index contributed by atoms with van der Waals surface area (Å²) < 4.78 is 12.2. The van der Waals surface area contributed by atoms with Crippen molar-refractivity contribution in [2.75, 3.05) is 13.2 Å². The average Bonchev–Trinajstić information content (AvgIpc) is 2.50. The molecule has 0 spiro atoms. The number of halogens is 1. The summed E-state index contributed by atoms with van der Waals surface area (Å²) in [4.78, 5) is 11.2. The summed E-state index contributed by atoms with van der Waals surface area (Å²) in [7, 11) is 0. The van der Waals surface area contributed by atoms with Crippen LogP contribution in [-0.4, -0.2) is 19.0 Å². The van der Waals surface area contributed by atoms with Gasteiger partial charge in [-0.1, -0.05) is 0 Å². The van der Waals surface area contributed by atoms with Gasteiger partial charge in [-0.15, -0.1) is 0 Å². The van der Waals surface area contributed by atoms with Crippen molar-refractivity contribution in [2.24, 2.45) is 0 Å². The minimum atomic E-state index is 0.148. The molecular weight excluding hydrogens is 284 g/mol. The van der Waals surface area contributed by atoms with Crippen LogP contribution in [0.15, 0.2) is 10.5 Å². The minimum Gasteiger partial charge on any atom is -0.489 e. The fourth-order valence-corrected chi connectivity index (χ4v) is 2.49. The molecule has 0 saturated heterocycles. The highest BCUT2D eigenvalue weighted by Gasteiger charge is 2.19. The second kappa shape index (κ2) is 5.08. The molecule has 1 aromatic rings. The standard InChI is InChI=1S/C13H15BrO3/c1-8(15)6-10-7-11(14)13-12(9(10)2)16-4-3-5-17-13/h7H,3-6H2,1-2H3. The molecule has 4 heteroatoms. The van der Waals surface area contributed by atoms with E-state index in [0.717, 1.165) is 33.5 Å². The molecule has 1 aromatic carbocycles. The average molecular weight is 299 g/mol. The molecule has 0 aliphatic carbocycles. The summed E-state index contributed by atoms with van der Waals surface area (Å²) in [5, 5.41) is 0. The van der Waals surface area contributed by atoms with Gasteiger partial charge < -0.3 is 9.47 Å². The van der Waals surface area contributed by atoms with E-state index in [4.69, 9.17) is 9.47 Å². The maximum Gasteiger partial charge on any atom is 0.175 e. The highest BCUT2D eigenvalue weighted by Crippen LogP contribution is 2.41. The summed E-state index contributed by atoms with van der Waals surface area (Å²) in [6.45, 7) is 4.88. The van der Waals surface area contributed by atoms with Crippen LogP contribution < -0.4 is 9.47 Å². The lowest BCUT2D eigenvalue weighted by Crippen LogP contribution is -2.03. The van der Waals surface area contributed by atoms with Crippen LogP contribution >= 0.6 is 15.9 Å². The van der Waals surface area contributed by atoms with E-state index in [-0.39, 0.29) is 5.78 Å². The molecule has 0 radical (unpaired) electrons. The zero-order valence-corrected chi connectivity index (χ0v) is 11.6. The second-order valence-corrected chi connectivity index (χ2v) is 5.08. The van der Waals surface area contributed by atoms with E-state index in [2.05, 4.69) is 15.9 Å². The molecular formula is C13H15BrO3. The predicted octanol–water partition coefficient (Wildman–Crippen LogP) is 3.05. The molecule has 0 aromatic heterocycles. The normalized spacial score (nSPS) is 14.3. The summed E-state index contributed by atoms with van der Waals surface area (Å²) in [5.74, 6) is 1.68. The SMILES string of the molecule is CC(=O)Cc1cc(Br)c2c(c1C)OCCCO2. The first kappa shape index (κ1) is 12.4. The molecule has 1 aliphatic heterocycles. The van der Waals surface area contributed by atoms with Crippen molar-refractivity contribution in [3.63, 3.8) is 0 Å². The Balaban J connectivity index is 2.48. The van der Waals surface area contributed by atoms with Crippen molar-refractivity contribution < 1.29 is 14.3 Å². The van der Waals surface area contributed by atoms with Gasteiger partial charge in [-0.25, -0.2) is 0 Å². The van der Waals surface area contributed by atoms with E-state index < -0.39 is 0 Å². The predicted molar refractivity (Wildman–Crippen MR) is 68.9 cm³/mol. The van der Waals surface area contributed by atoms with Crippen molar-refractivity contribution in [3.05, 3.63) is 21.7 Å². The summed E-state index contributed by atoms with van der Waals surface area (Å²) in [6.07, 6.45) is 1.31.